The van der Waals surface area contributed by atoms with Crippen molar-refractivity contribution in [1.82, 2.24) is 19.9 Å². The summed E-state index contributed by atoms with van der Waals surface area (Å²) in [7, 11) is 0. The second-order valence-corrected chi connectivity index (χ2v) is 6.55. The number of benzene rings is 1. The molecule has 27 heavy (non-hydrogen) atoms. The highest BCUT2D eigenvalue weighted by Crippen LogP contribution is 2.36. The van der Waals surface area contributed by atoms with Crippen molar-refractivity contribution in [2.24, 2.45) is 0 Å². The Bertz CT molecular complexity index is 1270. The molecule has 0 aliphatic rings. The zero-order valence-electron chi connectivity index (χ0n) is 14.6. The predicted molar refractivity (Wildman–Crippen MR) is 105 cm³/mol. The minimum absolute atomic E-state index is 0.341. The van der Waals surface area contributed by atoms with E-state index in [2.05, 4.69) is 19.9 Å². The first-order chi connectivity index (χ1) is 13.2. The normalized spacial score (nSPS) is 11.3. The molecule has 0 radical (unpaired) electrons. The average molecular weight is 354 g/mol. The first-order valence-electron chi connectivity index (χ1n) is 8.64. The minimum atomic E-state index is -0.341. The van der Waals surface area contributed by atoms with Crippen LogP contribution in [-0.2, 0) is 0 Å². The summed E-state index contributed by atoms with van der Waals surface area (Å²) in [4.78, 5) is 16.2. The number of hydrogen-bond donors (Lipinski definition) is 1. The van der Waals surface area contributed by atoms with Gasteiger partial charge in [0.2, 0.25) is 0 Å². The van der Waals surface area contributed by atoms with Crippen LogP contribution in [0.4, 0.5) is 4.39 Å². The molecule has 0 saturated heterocycles. The van der Waals surface area contributed by atoms with Gasteiger partial charge in [-0.05, 0) is 30.7 Å². The van der Waals surface area contributed by atoms with Crippen LogP contribution in [0.5, 0.6) is 0 Å². The van der Waals surface area contributed by atoms with Crippen molar-refractivity contribution in [3.63, 3.8) is 0 Å². The van der Waals surface area contributed by atoms with Gasteiger partial charge >= 0.3 is 0 Å². The number of H-pyrrole nitrogens is 1. The number of fused-ring (bicyclic) bond motifs is 3. The molecule has 5 heteroatoms. The van der Waals surface area contributed by atoms with E-state index in [1.165, 1.54) is 6.20 Å². The highest BCUT2D eigenvalue weighted by Gasteiger charge is 2.17. The summed E-state index contributed by atoms with van der Waals surface area (Å²) < 4.78 is 14.8. The Morgan fingerprint density at radius 3 is 2.56 bits per heavy atom. The third kappa shape index (κ3) is 2.56. The Hall–Kier alpha value is -3.60. The Balaban J connectivity index is 1.84. The Labute approximate surface area is 154 Å². The number of hydrogen-bond acceptors (Lipinski definition) is 3. The SMILES string of the molecule is Cc1ccc(-c2c(F)cnc3[nH]c4cnc(-c5cccnc5)cc4c23)cc1. The second-order valence-electron chi connectivity index (χ2n) is 6.55. The van der Waals surface area contributed by atoms with Gasteiger partial charge in [0, 0.05) is 34.3 Å². The van der Waals surface area contributed by atoms with Gasteiger partial charge in [0.25, 0.3) is 0 Å². The van der Waals surface area contributed by atoms with E-state index in [4.69, 9.17) is 0 Å². The van der Waals surface area contributed by atoms with Crippen molar-refractivity contribution < 1.29 is 4.39 Å². The molecular formula is C22H15FN4. The quantitative estimate of drug-likeness (QED) is 0.469. The summed E-state index contributed by atoms with van der Waals surface area (Å²) in [6.45, 7) is 2.01. The van der Waals surface area contributed by atoms with Gasteiger partial charge in [0.05, 0.1) is 23.6 Å². The van der Waals surface area contributed by atoms with Crippen LogP contribution in [0.25, 0.3) is 44.3 Å². The molecule has 5 rings (SSSR count). The van der Waals surface area contributed by atoms with E-state index in [9.17, 15) is 4.39 Å². The summed E-state index contributed by atoms with van der Waals surface area (Å²) in [5.41, 5.74) is 5.68. The van der Waals surface area contributed by atoms with E-state index >= 15 is 0 Å². The fraction of sp³-hybridized carbons (Fsp3) is 0.0455. The van der Waals surface area contributed by atoms with Crippen molar-refractivity contribution in [3.8, 4) is 22.4 Å². The van der Waals surface area contributed by atoms with Gasteiger partial charge in [-0.25, -0.2) is 9.37 Å². The lowest BCUT2D eigenvalue weighted by Gasteiger charge is -2.07. The van der Waals surface area contributed by atoms with E-state index in [-0.39, 0.29) is 5.82 Å². The van der Waals surface area contributed by atoms with Crippen LogP contribution in [0.15, 0.2) is 67.3 Å². The molecule has 0 amide bonds. The number of aromatic nitrogens is 4. The van der Waals surface area contributed by atoms with Gasteiger partial charge in [-0.3, -0.25) is 9.97 Å². The van der Waals surface area contributed by atoms with Crippen LogP contribution in [0.2, 0.25) is 0 Å². The summed E-state index contributed by atoms with van der Waals surface area (Å²) in [6.07, 6.45) is 6.52. The van der Waals surface area contributed by atoms with Gasteiger partial charge in [-0.2, -0.15) is 0 Å². The third-order valence-electron chi connectivity index (χ3n) is 4.76. The first-order valence-corrected chi connectivity index (χ1v) is 8.64. The largest absolute Gasteiger partial charge is 0.338 e. The highest BCUT2D eigenvalue weighted by atomic mass is 19.1. The molecule has 4 heterocycles. The third-order valence-corrected chi connectivity index (χ3v) is 4.76. The molecule has 5 aromatic rings. The number of pyridine rings is 3. The fourth-order valence-corrected chi connectivity index (χ4v) is 3.41. The lowest BCUT2D eigenvalue weighted by atomic mass is 9.99. The topological polar surface area (TPSA) is 54.5 Å². The number of nitrogens with zero attached hydrogens (tertiary/aromatic N) is 3. The van der Waals surface area contributed by atoms with Crippen LogP contribution < -0.4 is 0 Å². The number of nitrogens with one attached hydrogen (secondary N) is 1. The summed E-state index contributed by atoms with van der Waals surface area (Å²) in [5.74, 6) is -0.341. The Kier molecular flexibility index (Phi) is 3.47. The maximum atomic E-state index is 14.8. The first kappa shape index (κ1) is 15.6. The molecule has 0 spiro atoms. The van der Waals surface area contributed by atoms with Crippen molar-refractivity contribution >= 4 is 21.9 Å². The van der Waals surface area contributed by atoms with Gasteiger partial charge in [-0.1, -0.05) is 29.8 Å². The lowest BCUT2D eigenvalue weighted by molar-refractivity contribution is 0.627. The number of halogens is 1. The Morgan fingerprint density at radius 1 is 0.926 bits per heavy atom. The fourth-order valence-electron chi connectivity index (χ4n) is 3.41. The summed E-state index contributed by atoms with van der Waals surface area (Å²) in [5, 5.41) is 1.66. The van der Waals surface area contributed by atoms with Gasteiger partial charge < -0.3 is 4.98 Å². The molecule has 0 aliphatic carbocycles. The van der Waals surface area contributed by atoms with Crippen LogP contribution in [0.1, 0.15) is 5.56 Å². The maximum Gasteiger partial charge on any atom is 0.150 e. The molecule has 130 valence electrons. The van der Waals surface area contributed by atoms with Crippen LogP contribution in [-0.4, -0.2) is 19.9 Å². The summed E-state index contributed by atoms with van der Waals surface area (Å²) in [6, 6.07) is 13.6. The van der Waals surface area contributed by atoms with Crippen molar-refractivity contribution in [2.75, 3.05) is 0 Å². The van der Waals surface area contributed by atoms with Gasteiger partial charge in [0.1, 0.15) is 11.5 Å². The highest BCUT2D eigenvalue weighted by molar-refractivity contribution is 6.13. The lowest BCUT2D eigenvalue weighted by Crippen LogP contribution is -1.89. The molecule has 4 aromatic heterocycles. The molecule has 0 atom stereocenters. The van der Waals surface area contributed by atoms with Gasteiger partial charge in [-0.15, -0.1) is 0 Å². The number of rotatable bonds is 2. The smallest absolute Gasteiger partial charge is 0.150 e. The second kappa shape index (κ2) is 5.99. The van der Waals surface area contributed by atoms with E-state index < -0.39 is 0 Å². The summed E-state index contributed by atoms with van der Waals surface area (Å²) >= 11 is 0. The van der Waals surface area contributed by atoms with Crippen molar-refractivity contribution in [2.45, 2.75) is 6.92 Å². The monoisotopic (exact) mass is 354 g/mol. The molecule has 0 unspecified atom stereocenters. The maximum absolute atomic E-state index is 14.8. The van der Waals surface area contributed by atoms with Crippen molar-refractivity contribution in [3.05, 3.63) is 78.6 Å². The minimum Gasteiger partial charge on any atom is -0.338 e. The van der Waals surface area contributed by atoms with E-state index in [0.717, 1.165) is 38.7 Å². The van der Waals surface area contributed by atoms with Crippen LogP contribution in [0.3, 0.4) is 0 Å². The average Bonchev–Trinajstić information content (AvgIpc) is 3.07. The molecule has 1 aromatic carbocycles. The zero-order chi connectivity index (χ0) is 18.4. The van der Waals surface area contributed by atoms with E-state index in [1.54, 1.807) is 18.6 Å². The molecule has 0 aliphatic heterocycles. The molecule has 1 N–H and O–H groups in total. The number of aryl methyl sites for hydroxylation is 1. The zero-order valence-corrected chi connectivity index (χ0v) is 14.6. The molecule has 0 bridgehead atoms. The molecule has 4 nitrogen and oxygen atoms in total. The number of aromatic amines is 1. The molecular weight excluding hydrogens is 339 g/mol. The Morgan fingerprint density at radius 2 is 1.78 bits per heavy atom. The predicted octanol–water partition coefficient (Wildman–Crippen LogP) is 5.29. The standard InChI is InChI=1S/C22H15FN4/c1-13-4-6-14(7-5-13)20-17(23)11-26-22-21(20)16-9-18(25-12-19(16)27-22)15-3-2-8-24-10-15/h2-12H,1H3,(H,26,27). The van der Waals surface area contributed by atoms with Crippen molar-refractivity contribution in [1.29, 1.82) is 0 Å². The van der Waals surface area contributed by atoms with Crippen LogP contribution >= 0.6 is 0 Å². The van der Waals surface area contributed by atoms with Gasteiger partial charge in [0.15, 0.2) is 0 Å². The molecule has 0 fully saturated rings. The van der Waals surface area contributed by atoms with E-state index in [1.807, 2.05) is 49.4 Å². The van der Waals surface area contributed by atoms with Crippen LogP contribution in [0, 0.1) is 12.7 Å². The molecule has 0 saturated carbocycles. The van der Waals surface area contributed by atoms with E-state index in [0.29, 0.717) is 11.2 Å².